The summed E-state index contributed by atoms with van der Waals surface area (Å²) >= 11 is 0. The highest BCUT2D eigenvalue weighted by Crippen LogP contribution is 2.40. The van der Waals surface area contributed by atoms with Gasteiger partial charge in [0.15, 0.2) is 0 Å². The molecule has 12 rings (SSSR count). The average molecular weight is 836 g/mol. The Morgan fingerprint density at radius 2 is 0.785 bits per heavy atom. The Kier molecular flexibility index (Phi) is 9.17. The van der Waals surface area contributed by atoms with E-state index in [0.717, 1.165) is 122 Å². The molecule has 3 heterocycles. The third-order valence-corrected chi connectivity index (χ3v) is 12.6. The first-order valence-corrected chi connectivity index (χ1v) is 21.9. The zero-order valence-electron chi connectivity index (χ0n) is 35.6. The minimum absolute atomic E-state index is 0.838. The molecule has 308 valence electrons. The van der Waals surface area contributed by atoms with Crippen molar-refractivity contribution >= 4 is 77.9 Å². The first-order valence-electron chi connectivity index (χ1n) is 21.9. The number of para-hydroxylation sites is 1. The van der Waals surface area contributed by atoms with E-state index in [1.54, 1.807) is 0 Å². The maximum atomic E-state index is 6.35. The second-order valence-electron chi connectivity index (χ2n) is 16.7. The number of hydrogen-bond acceptors (Lipinski definition) is 4. The molecule has 4 heteroatoms. The highest BCUT2D eigenvalue weighted by molar-refractivity contribution is 6.09. The lowest BCUT2D eigenvalue weighted by atomic mass is 9.95. The Morgan fingerprint density at radius 3 is 1.26 bits per heavy atom. The normalized spacial score (nSPS) is 11.8. The van der Waals surface area contributed by atoms with Crippen LogP contribution in [0.3, 0.4) is 0 Å². The average Bonchev–Trinajstić information content (AvgIpc) is 4.02. The number of rotatable bonds is 9. The SMILES string of the molecule is C=C(/C=C\c1c(C)oc2ccc(-c3ccc4oc5ccc(-c6ccccc6)cc5c4c3)cc12)c1cc(-c2ccc3oc4ccc(-c5ccccc5)cc4c3c2)ccc1Nc1ccccc1. The van der Waals surface area contributed by atoms with E-state index < -0.39 is 0 Å². The highest BCUT2D eigenvalue weighted by atomic mass is 16.3. The van der Waals surface area contributed by atoms with Gasteiger partial charge in [0.25, 0.3) is 0 Å². The van der Waals surface area contributed by atoms with Gasteiger partial charge in [-0.3, -0.25) is 0 Å². The maximum Gasteiger partial charge on any atom is 0.135 e. The Labute approximate surface area is 376 Å². The Bertz CT molecular complexity index is 3810. The topological polar surface area (TPSA) is 51.5 Å². The number of allylic oxidation sites excluding steroid dienone is 2. The van der Waals surface area contributed by atoms with Crippen LogP contribution >= 0.6 is 0 Å². The van der Waals surface area contributed by atoms with Gasteiger partial charge in [-0.15, -0.1) is 0 Å². The molecule has 0 saturated carbocycles. The van der Waals surface area contributed by atoms with Crippen molar-refractivity contribution in [3.8, 4) is 44.5 Å². The van der Waals surface area contributed by atoms with Crippen LogP contribution in [0.5, 0.6) is 0 Å². The molecule has 1 N–H and O–H groups in total. The summed E-state index contributed by atoms with van der Waals surface area (Å²) in [4.78, 5) is 0. The molecule has 0 saturated heterocycles. The van der Waals surface area contributed by atoms with Gasteiger partial charge in [0.2, 0.25) is 0 Å². The Morgan fingerprint density at radius 1 is 0.400 bits per heavy atom. The van der Waals surface area contributed by atoms with Crippen molar-refractivity contribution in [2.45, 2.75) is 6.92 Å². The van der Waals surface area contributed by atoms with Crippen LogP contribution in [0.25, 0.3) is 111 Å². The zero-order chi connectivity index (χ0) is 43.4. The monoisotopic (exact) mass is 835 g/mol. The van der Waals surface area contributed by atoms with Crippen molar-refractivity contribution in [3.63, 3.8) is 0 Å². The standard InChI is InChI=1S/C61H41NO3/c1-38(18-25-49-39(2)63-57-27-22-45(35-51(49)57)47-24-31-61-55(37-47)53-34-43(21-29-59(53)65-61)41-14-8-4-9-15-41)50-32-44(19-26-56(50)62-48-16-10-5-11-17-48)46-23-30-60-54(36-46)52-33-42(20-28-58(52)64-60)40-12-6-3-7-13-40/h3-37,62H,1H2,2H3/b25-18-. The van der Waals surface area contributed by atoms with Gasteiger partial charge in [0.05, 0.1) is 0 Å². The van der Waals surface area contributed by atoms with Crippen LogP contribution in [0.2, 0.25) is 0 Å². The quantitative estimate of drug-likeness (QED) is 0.147. The molecule has 0 bridgehead atoms. The summed E-state index contributed by atoms with van der Waals surface area (Å²) in [5.74, 6) is 0.846. The molecule has 9 aromatic carbocycles. The lowest BCUT2D eigenvalue weighted by Gasteiger charge is -2.15. The summed E-state index contributed by atoms with van der Waals surface area (Å²) in [6, 6.07) is 70.0. The molecular formula is C61H41NO3. The van der Waals surface area contributed by atoms with E-state index in [1.807, 2.05) is 37.3 Å². The van der Waals surface area contributed by atoms with E-state index in [1.165, 1.54) is 11.1 Å². The van der Waals surface area contributed by atoms with Gasteiger partial charge < -0.3 is 18.6 Å². The lowest BCUT2D eigenvalue weighted by Crippen LogP contribution is -1.95. The molecule has 0 aliphatic heterocycles. The minimum atomic E-state index is 0.838. The first-order chi connectivity index (χ1) is 32.0. The van der Waals surface area contributed by atoms with Crippen molar-refractivity contribution in [1.82, 2.24) is 0 Å². The van der Waals surface area contributed by atoms with Crippen LogP contribution < -0.4 is 5.32 Å². The van der Waals surface area contributed by atoms with Crippen molar-refractivity contribution < 1.29 is 13.3 Å². The number of fused-ring (bicyclic) bond motifs is 7. The second-order valence-corrected chi connectivity index (χ2v) is 16.7. The molecule has 0 atom stereocenters. The van der Waals surface area contributed by atoms with Crippen LogP contribution in [0, 0.1) is 6.92 Å². The number of anilines is 2. The van der Waals surface area contributed by atoms with Crippen LogP contribution in [0.1, 0.15) is 16.9 Å². The Balaban J connectivity index is 0.899. The second kappa shape index (κ2) is 15.6. The summed E-state index contributed by atoms with van der Waals surface area (Å²) in [5, 5.41) is 9.07. The predicted octanol–water partition coefficient (Wildman–Crippen LogP) is 17.7. The molecule has 0 aliphatic rings. The van der Waals surface area contributed by atoms with E-state index in [4.69, 9.17) is 13.3 Å². The molecule has 0 amide bonds. The zero-order valence-corrected chi connectivity index (χ0v) is 35.6. The van der Waals surface area contributed by atoms with Gasteiger partial charge in [-0.25, -0.2) is 0 Å². The summed E-state index contributed by atoms with van der Waals surface area (Å²) < 4.78 is 19.0. The molecule has 0 aliphatic carbocycles. The van der Waals surface area contributed by atoms with Crippen molar-refractivity contribution in [3.05, 3.63) is 230 Å². The van der Waals surface area contributed by atoms with Crippen molar-refractivity contribution in [1.29, 1.82) is 0 Å². The van der Waals surface area contributed by atoms with E-state index in [-0.39, 0.29) is 0 Å². The number of benzene rings is 9. The Hall–Kier alpha value is -8.60. The van der Waals surface area contributed by atoms with Crippen LogP contribution in [-0.2, 0) is 0 Å². The molecule has 0 spiro atoms. The lowest BCUT2D eigenvalue weighted by molar-refractivity contribution is 0.577. The van der Waals surface area contributed by atoms with Crippen molar-refractivity contribution in [2.24, 2.45) is 0 Å². The van der Waals surface area contributed by atoms with Crippen molar-refractivity contribution in [2.75, 3.05) is 5.32 Å². The molecule has 0 unspecified atom stereocenters. The number of aryl methyl sites for hydroxylation is 1. The maximum absolute atomic E-state index is 6.35. The van der Waals surface area contributed by atoms with E-state index >= 15 is 0 Å². The molecule has 3 aromatic heterocycles. The molecular weight excluding hydrogens is 795 g/mol. The third kappa shape index (κ3) is 6.98. The van der Waals surface area contributed by atoms with Gasteiger partial charge in [-0.1, -0.05) is 134 Å². The highest BCUT2D eigenvalue weighted by Gasteiger charge is 2.16. The van der Waals surface area contributed by atoms with E-state index in [2.05, 4.69) is 194 Å². The van der Waals surface area contributed by atoms with Gasteiger partial charge in [-0.05, 0) is 142 Å². The molecule has 65 heavy (non-hydrogen) atoms. The van der Waals surface area contributed by atoms with Gasteiger partial charge in [0, 0.05) is 49.4 Å². The summed E-state index contributed by atoms with van der Waals surface area (Å²) in [7, 11) is 0. The molecule has 4 nitrogen and oxygen atoms in total. The molecule has 0 radical (unpaired) electrons. The van der Waals surface area contributed by atoms with Crippen LogP contribution in [0.4, 0.5) is 11.4 Å². The largest absolute Gasteiger partial charge is 0.461 e. The number of nitrogens with one attached hydrogen (secondary N) is 1. The van der Waals surface area contributed by atoms with Gasteiger partial charge in [-0.2, -0.15) is 0 Å². The smallest absolute Gasteiger partial charge is 0.135 e. The van der Waals surface area contributed by atoms with E-state index in [9.17, 15) is 0 Å². The summed E-state index contributed by atoms with van der Waals surface area (Å²) in [6.07, 6.45) is 4.24. The van der Waals surface area contributed by atoms with Gasteiger partial charge in [0.1, 0.15) is 33.7 Å². The fourth-order valence-electron chi connectivity index (χ4n) is 9.21. The minimum Gasteiger partial charge on any atom is -0.461 e. The van der Waals surface area contributed by atoms with Crippen LogP contribution in [-0.4, -0.2) is 0 Å². The van der Waals surface area contributed by atoms with Gasteiger partial charge >= 0.3 is 0 Å². The summed E-state index contributed by atoms with van der Waals surface area (Å²) in [5.41, 5.74) is 18.2. The fraction of sp³-hybridized carbons (Fsp3) is 0.0164. The number of furan rings is 3. The van der Waals surface area contributed by atoms with Crippen LogP contribution in [0.15, 0.2) is 226 Å². The fourth-order valence-corrected chi connectivity index (χ4v) is 9.21. The summed E-state index contributed by atoms with van der Waals surface area (Å²) in [6.45, 7) is 6.68. The molecule has 0 fully saturated rings. The first kappa shape index (κ1) is 38.1. The third-order valence-electron chi connectivity index (χ3n) is 12.6. The van der Waals surface area contributed by atoms with E-state index in [0.29, 0.717) is 0 Å². The molecule has 12 aromatic rings. The predicted molar refractivity (Wildman–Crippen MR) is 271 cm³/mol. The number of hydrogen-bond donors (Lipinski definition) is 1.